The van der Waals surface area contributed by atoms with Crippen molar-refractivity contribution in [2.75, 3.05) is 63.8 Å². The second kappa shape index (κ2) is 10.7. The van der Waals surface area contributed by atoms with E-state index in [1.54, 1.807) is 12.1 Å². The molecular formula is C26H36N6O4. The minimum atomic E-state index is -0.933. The number of nitrogens with one attached hydrogen (secondary N) is 2. The molecule has 5 rings (SSSR count). The molecule has 194 valence electrons. The van der Waals surface area contributed by atoms with Gasteiger partial charge in [0, 0.05) is 64.0 Å². The van der Waals surface area contributed by atoms with E-state index in [-0.39, 0.29) is 18.7 Å². The third-order valence-corrected chi connectivity index (χ3v) is 7.97. The van der Waals surface area contributed by atoms with Crippen molar-refractivity contribution in [1.82, 2.24) is 25.3 Å². The van der Waals surface area contributed by atoms with Crippen molar-refractivity contribution in [3.63, 3.8) is 0 Å². The Bertz CT molecular complexity index is 1040. The van der Waals surface area contributed by atoms with Crippen LogP contribution in [0.1, 0.15) is 53.3 Å². The number of hydrogen-bond donors (Lipinski definition) is 2. The predicted octanol–water partition coefficient (Wildman–Crippen LogP) is 0.284. The molecule has 0 radical (unpaired) electrons. The first kappa shape index (κ1) is 24.9. The van der Waals surface area contributed by atoms with Gasteiger partial charge in [0.1, 0.15) is 6.04 Å². The normalized spacial score (nSPS) is 25.9. The average molecular weight is 497 g/mol. The SMILES string of the molecule is C[C@H]1CNCCN1CCCCN1CCN(c2ccc3c(c2)C(=O)N(C2CCC(=O)NC2=O)C3=O)CC1. The highest BCUT2D eigenvalue weighted by atomic mass is 16.2. The highest BCUT2D eigenvalue weighted by Gasteiger charge is 2.44. The van der Waals surface area contributed by atoms with E-state index in [4.69, 9.17) is 0 Å². The second-order valence-corrected chi connectivity index (χ2v) is 10.3. The molecule has 3 saturated heterocycles. The van der Waals surface area contributed by atoms with Crippen LogP contribution >= 0.6 is 0 Å². The fourth-order valence-electron chi connectivity index (χ4n) is 5.75. The molecule has 4 aliphatic rings. The fraction of sp³-hybridized carbons (Fsp3) is 0.615. The number of imide groups is 2. The Balaban J connectivity index is 1.13. The van der Waals surface area contributed by atoms with Gasteiger partial charge < -0.3 is 10.2 Å². The quantitative estimate of drug-likeness (QED) is 0.410. The lowest BCUT2D eigenvalue weighted by molar-refractivity contribution is -0.136. The number of amides is 4. The molecule has 0 aliphatic carbocycles. The molecule has 4 heterocycles. The molecule has 1 aromatic carbocycles. The second-order valence-electron chi connectivity index (χ2n) is 10.3. The summed E-state index contributed by atoms with van der Waals surface area (Å²) in [5, 5.41) is 5.68. The van der Waals surface area contributed by atoms with Crippen LogP contribution in [0.3, 0.4) is 0 Å². The molecule has 0 aromatic heterocycles. The van der Waals surface area contributed by atoms with Gasteiger partial charge in [-0.05, 0) is 57.5 Å². The fourth-order valence-corrected chi connectivity index (χ4v) is 5.75. The van der Waals surface area contributed by atoms with Crippen LogP contribution in [0.15, 0.2) is 18.2 Å². The van der Waals surface area contributed by atoms with Gasteiger partial charge in [-0.15, -0.1) is 0 Å². The van der Waals surface area contributed by atoms with E-state index in [1.807, 2.05) is 6.07 Å². The Labute approximate surface area is 211 Å². The molecule has 0 bridgehead atoms. The Morgan fingerprint density at radius 3 is 2.42 bits per heavy atom. The Kier molecular flexibility index (Phi) is 7.36. The number of carbonyl (C=O) groups is 4. The lowest BCUT2D eigenvalue weighted by Gasteiger charge is -2.37. The summed E-state index contributed by atoms with van der Waals surface area (Å²) in [6.45, 7) is 11.5. The Morgan fingerprint density at radius 2 is 1.67 bits per heavy atom. The first-order valence-electron chi connectivity index (χ1n) is 13.2. The molecule has 36 heavy (non-hydrogen) atoms. The monoisotopic (exact) mass is 496 g/mol. The number of anilines is 1. The van der Waals surface area contributed by atoms with Gasteiger partial charge in [-0.3, -0.25) is 39.2 Å². The van der Waals surface area contributed by atoms with Gasteiger partial charge >= 0.3 is 0 Å². The van der Waals surface area contributed by atoms with Crippen LogP contribution in [-0.2, 0) is 9.59 Å². The van der Waals surface area contributed by atoms with Crippen molar-refractivity contribution < 1.29 is 19.2 Å². The van der Waals surface area contributed by atoms with E-state index in [1.165, 1.54) is 19.4 Å². The number of benzene rings is 1. The first-order chi connectivity index (χ1) is 17.4. The topological polar surface area (TPSA) is 105 Å². The van der Waals surface area contributed by atoms with Crippen molar-refractivity contribution in [1.29, 1.82) is 0 Å². The van der Waals surface area contributed by atoms with Crippen molar-refractivity contribution in [2.24, 2.45) is 0 Å². The number of nitrogens with zero attached hydrogens (tertiary/aromatic N) is 4. The van der Waals surface area contributed by atoms with Crippen LogP contribution in [0.5, 0.6) is 0 Å². The molecule has 2 N–H and O–H groups in total. The number of unbranched alkanes of at least 4 members (excludes halogenated alkanes) is 1. The molecule has 1 unspecified atom stereocenters. The average Bonchev–Trinajstić information content (AvgIpc) is 3.12. The molecule has 3 fully saturated rings. The summed E-state index contributed by atoms with van der Waals surface area (Å²) in [7, 11) is 0. The van der Waals surface area contributed by atoms with E-state index < -0.39 is 23.8 Å². The van der Waals surface area contributed by atoms with Crippen LogP contribution in [0, 0.1) is 0 Å². The number of hydrogen-bond acceptors (Lipinski definition) is 8. The summed E-state index contributed by atoms with van der Waals surface area (Å²) in [6.07, 6.45) is 2.70. The zero-order valence-electron chi connectivity index (χ0n) is 21.0. The van der Waals surface area contributed by atoms with E-state index in [0.717, 1.165) is 62.9 Å². The van der Waals surface area contributed by atoms with Gasteiger partial charge in [-0.25, -0.2) is 0 Å². The summed E-state index contributed by atoms with van der Waals surface area (Å²) in [4.78, 5) is 58.1. The number of piperidine rings is 1. The maximum atomic E-state index is 13.1. The Morgan fingerprint density at radius 1 is 0.917 bits per heavy atom. The van der Waals surface area contributed by atoms with E-state index in [2.05, 4.69) is 32.3 Å². The maximum absolute atomic E-state index is 13.1. The molecule has 0 spiro atoms. The smallest absolute Gasteiger partial charge is 0.262 e. The highest BCUT2D eigenvalue weighted by molar-refractivity contribution is 6.23. The van der Waals surface area contributed by atoms with Crippen LogP contribution in [-0.4, -0.2) is 109 Å². The van der Waals surface area contributed by atoms with Gasteiger partial charge in [-0.2, -0.15) is 0 Å². The third kappa shape index (κ3) is 5.02. The lowest BCUT2D eigenvalue weighted by atomic mass is 10.0. The molecule has 0 saturated carbocycles. The number of carbonyl (C=O) groups excluding carboxylic acids is 4. The van der Waals surface area contributed by atoms with Gasteiger partial charge in [0.15, 0.2) is 0 Å². The predicted molar refractivity (Wildman–Crippen MR) is 135 cm³/mol. The largest absolute Gasteiger partial charge is 0.369 e. The van der Waals surface area contributed by atoms with Crippen LogP contribution in [0.4, 0.5) is 5.69 Å². The molecule has 4 amide bonds. The molecule has 2 atom stereocenters. The molecular weight excluding hydrogens is 460 g/mol. The standard InChI is InChI=1S/C26H36N6O4/c1-18-17-27-8-11-30(18)10-3-2-9-29-12-14-31(15-13-29)19-4-5-20-21(16-19)26(36)32(25(20)35)22-6-7-23(33)28-24(22)34/h4-5,16,18,22,27H,2-3,6-15,17H2,1H3,(H,28,33,34)/t18-,22?/m0/s1. The number of fused-ring (bicyclic) bond motifs is 1. The zero-order valence-corrected chi connectivity index (χ0v) is 21.0. The van der Waals surface area contributed by atoms with Crippen molar-refractivity contribution in [3.8, 4) is 0 Å². The summed E-state index contributed by atoms with van der Waals surface area (Å²) >= 11 is 0. The van der Waals surface area contributed by atoms with Crippen molar-refractivity contribution in [3.05, 3.63) is 29.3 Å². The van der Waals surface area contributed by atoms with E-state index in [9.17, 15) is 19.2 Å². The zero-order chi connectivity index (χ0) is 25.2. The van der Waals surface area contributed by atoms with Crippen LogP contribution in [0.25, 0.3) is 0 Å². The maximum Gasteiger partial charge on any atom is 0.262 e. The lowest BCUT2D eigenvalue weighted by Crippen LogP contribution is -2.54. The molecule has 10 nitrogen and oxygen atoms in total. The van der Waals surface area contributed by atoms with Gasteiger partial charge in [0.2, 0.25) is 11.8 Å². The van der Waals surface area contributed by atoms with E-state index in [0.29, 0.717) is 17.2 Å². The molecule has 4 aliphatic heterocycles. The first-order valence-corrected chi connectivity index (χ1v) is 13.2. The number of piperazine rings is 2. The van der Waals surface area contributed by atoms with Crippen molar-refractivity contribution >= 4 is 29.3 Å². The molecule has 10 heteroatoms. The van der Waals surface area contributed by atoms with Gasteiger partial charge in [-0.1, -0.05) is 0 Å². The Hall–Kier alpha value is -2.82. The van der Waals surface area contributed by atoms with E-state index >= 15 is 0 Å². The summed E-state index contributed by atoms with van der Waals surface area (Å²) < 4.78 is 0. The summed E-state index contributed by atoms with van der Waals surface area (Å²) in [5.74, 6) is -1.87. The highest BCUT2D eigenvalue weighted by Crippen LogP contribution is 2.31. The van der Waals surface area contributed by atoms with Gasteiger partial charge in [0.25, 0.3) is 11.8 Å². The van der Waals surface area contributed by atoms with Crippen LogP contribution < -0.4 is 15.5 Å². The van der Waals surface area contributed by atoms with Crippen LogP contribution in [0.2, 0.25) is 0 Å². The molecule has 1 aromatic rings. The number of rotatable bonds is 7. The summed E-state index contributed by atoms with van der Waals surface area (Å²) in [6, 6.07) is 5.05. The third-order valence-electron chi connectivity index (χ3n) is 7.97. The minimum absolute atomic E-state index is 0.119. The summed E-state index contributed by atoms with van der Waals surface area (Å²) in [5.41, 5.74) is 1.59. The van der Waals surface area contributed by atoms with Gasteiger partial charge in [0.05, 0.1) is 11.1 Å². The minimum Gasteiger partial charge on any atom is -0.369 e. The van der Waals surface area contributed by atoms with Crippen molar-refractivity contribution in [2.45, 2.75) is 44.7 Å².